The van der Waals surface area contributed by atoms with E-state index in [9.17, 15) is 19.7 Å². The minimum atomic E-state index is -1.28. The molecule has 0 aliphatic rings. The van der Waals surface area contributed by atoms with E-state index in [-0.39, 0.29) is 19.6 Å². The van der Waals surface area contributed by atoms with E-state index in [1.54, 1.807) is 33.8 Å². The number of carbonyl (C=O) groups excluding carboxylic acids is 2. The molecule has 0 aromatic carbocycles. The predicted octanol–water partition coefficient (Wildman–Crippen LogP) is 1.73. The van der Waals surface area contributed by atoms with Crippen LogP contribution in [0.15, 0.2) is 11.6 Å². The molecule has 20 heavy (non-hydrogen) atoms. The molecule has 7 nitrogen and oxygen atoms in total. The van der Waals surface area contributed by atoms with Gasteiger partial charge in [0.25, 0.3) is 0 Å². The Bertz CT molecular complexity index is 372. The number of allylic oxidation sites excluding steroid dienone is 1. The van der Waals surface area contributed by atoms with Gasteiger partial charge < -0.3 is 9.47 Å². The highest BCUT2D eigenvalue weighted by molar-refractivity contribution is 5.95. The van der Waals surface area contributed by atoms with Crippen molar-refractivity contribution in [3.05, 3.63) is 21.8 Å². The summed E-state index contributed by atoms with van der Waals surface area (Å²) in [5.74, 6) is -2.86. The van der Waals surface area contributed by atoms with Crippen molar-refractivity contribution in [2.75, 3.05) is 13.2 Å². The normalized spacial score (nSPS) is 12.9. The van der Waals surface area contributed by atoms with Crippen molar-refractivity contribution in [2.24, 2.45) is 5.92 Å². The average molecular weight is 287 g/mol. The lowest BCUT2D eigenvalue weighted by atomic mass is 9.95. The van der Waals surface area contributed by atoms with Gasteiger partial charge in [0.05, 0.1) is 13.2 Å². The van der Waals surface area contributed by atoms with E-state index in [4.69, 9.17) is 9.47 Å². The third-order valence-corrected chi connectivity index (χ3v) is 2.84. The van der Waals surface area contributed by atoms with E-state index in [2.05, 4.69) is 0 Å². The molecule has 0 heterocycles. The number of ether oxygens (including phenoxy) is 2. The maximum atomic E-state index is 11.8. The molecule has 114 valence electrons. The van der Waals surface area contributed by atoms with Crippen LogP contribution in [0.3, 0.4) is 0 Å². The van der Waals surface area contributed by atoms with Crippen molar-refractivity contribution in [1.82, 2.24) is 0 Å². The van der Waals surface area contributed by atoms with Gasteiger partial charge in [-0.2, -0.15) is 0 Å². The van der Waals surface area contributed by atoms with Gasteiger partial charge in [0.15, 0.2) is 5.92 Å². The molecule has 0 saturated carbocycles. The minimum absolute atomic E-state index is 0.0977. The fourth-order valence-electron chi connectivity index (χ4n) is 1.63. The molecule has 0 aliphatic heterocycles. The van der Waals surface area contributed by atoms with Gasteiger partial charge in [-0.3, -0.25) is 19.7 Å². The second-order valence-electron chi connectivity index (χ2n) is 4.13. The lowest BCUT2D eigenvalue weighted by Gasteiger charge is -2.17. The molecule has 0 rings (SSSR count). The highest BCUT2D eigenvalue weighted by atomic mass is 16.6. The van der Waals surface area contributed by atoms with Crippen LogP contribution in [0.5, 0.6) is 0 Å². The molecular weight excluding hydrogens is 266 g/mol. The first-order chi connectivity index (χ1) is 9.38. The largest absolute Gasteiger partial charge is 0.465 e. The van der Waals surface area contributed by atoms with Crippen LogP contribution in [0, 0.1) is 16.0 Å². The van der Waals surface area contributed by atoms with Gasteiger partial charge in [-0.05, 0) is 33.3 Å². The number of carbonyl (C=O) groups is 2. The quantitative estimate of drug-likeness (QED) is 0.222. The number of nitrogens with zero attached hydrogens (tertiary/aromatic N) is 1. The fraction of sp³-hybridized carbons (Fsp3) is 0.692. The summed E-state index contributed by atoms with van der Waals surface area (Å²) in [7, 11) is 0. The zero-order chi connectivity index (χ0) is 15.7. The SMILES string of the molecule is CC=C(C)C(CC(C(=O)OCC)C(=O)OCC)[N+](=O)[O-]. The van der Waals surface area contributed by atoms with E-state index in [1.807, 2.05) is 0 Å². The monoisotopic (exact) mass is 287 g/mol. The fourth-order valence-corrected chi connectivity index (χ4v) is 1.63. The lowest BCUT2D eigenvalue weighted by molar-refractivity contribution is -0.513. The predicted molar refractivity (Wildman–Crippen MR) is 71.6 cm³/mol. The van der Waals surface area contributed by atoms with E-state index < -0.39 is 28.8 Å². The minimum Gasteiger partial charge on any atom is -0.465 e. The van der Waals surface area contributed by atoms with Crippen molar-refractivity contribution in [2.45, 2.75) is 40.2 Å². The van der Waals surface area contributed by atoms with Gasteiger partial charge in [-0.15, -0.1) is 0 Å². The Hall–Kier alpha value is -1.92. The Morgan fingerprint density at radius 1 is 1.20 bits per heavy atom. The molecule has 0 fully saturated rings. The van der Waals surface area contributed by atoms with Crippen LogP contribution >= 0.6 is 0 Å². The summed E-state index contributed by atoms with van der Waals surface area (Å²) in [5, 5.41) is 11.1. The molecule has 0 radical (unpaired) electrons. The standard InChI is InChI=1S/C13H21NO6/c1-5-9(4)11(14(17)18)8-10(12(15)19-6-2)13(16)20-7-3/h5,10-11H,6-8H2,1-4H3. The zero-order valence-corrected chi connectivity index (χ0v) is 12.3. The van der Waals surface area contributed by atoms with Crippen molar-refractivity contribution in [3.63, 3.8) is 0 Å². The van der Waals surface area contributed by atoms with Gasteiger partial charge in [-0.25, -0.2) is 0 Å². The molecule has 0 amide bonds. The summed E-state index contributed by atoms with van der Waals surface area (Å²) in [6.45, 7) is 6.64. The summed E-state index contributed by atoms with van der Waals surface area (Å²) >= 11 is 0. The second kappa shape index (κ2) is 9.06. The highest BCUT2D eigenvalue weighted by Gasteiger charge is 2.37. The molecule has 0 aliphatic carbocycles. The molecule has 0 N–H and O–H groups in total. The highest BCUT2D eigenvalue weighted by Crippen LogP contribution is 2.19. The lowest BCUT2D eigenvalue weighted by Crippen LogP contribution is -2.34. The number of hydrogen-bond acceptors (Lipinski definition) is 6. The van der Waals surface area contributed by atoms with Crippen LogP contribution < -0.4 is 0 Å². The molecule has 0 spiro atoms. The molecular formula is C13H21NO6. The second-order valence-corrected chi connectivity index (χ2v) is 4.13. The molecule has 0 saturated heterocycles. The summed E-state index contributed by atoms with van der Waals surface area (Å²) < 4.78 is 9.57. The molecule has 1 atom stereocenters. The third-order valence-electron chi connectivity index (χ3n) is 2.84. The van der Waals surface area contributed by atoms with Gasteiger partial charge in [0.2, 0.25) is 6.04 Å². The molecule has 0 aromatic rings. The zero-order valence-electron chi connectivity index (χ0n) is 12.3. The van der Waals surface area contributed by atoms with E-state index in [1.165, 1.54) is 0 Å². The van der Waals surface area contributed by atoms with Crippen LogP contribution in [0.25, 0.3) is 0 Å². The van der Waals surface area contributed by atoms with Crippen molar-refractivity contribution in [3.8, 4) is 0 Å². The summed E-state index contributed by atoms with van der Waals surface area (Å²) in [4.78, 5) is 34.1. The Balaban J connectivity index is 5.16. The molecule has 7 heteroatoms. The van der Waals surface area contributed by atoms with Crippen LogP contribution in [0.1, 0.15) is 34.1 Å². The van der Waals surface area contributed by atoms with Gasteiger partial charge in [0.1, 0.15) is 0 Å². The van der Waals surface area contributed by atoms with Gasteiger partial charge >= 0.3 is 11.9 Å². The maximum absolute atomic E-state index is 11.8. The molecule has 1 unspecified atom stereocenters. The van der Waals surface area contributed by atoms with E-state index >= 15 is 0 Å². The first-order valence-electron chi connectivity index (χ1n) is 6.48. The van der Waals surface area contributed by atoms with Gasteiger partial charge in [0, 0.05) is 11.3 Å². The number of esters is 2. The van der Waals surface area contributed by atoms with E-state index in [0.29, 0.717) is 5.57 Å². The topological polar surface area (TPSA) is 95.7 Å². The Kier molecular flexibility index (Phi) is 8.19. The average Bonchev–Trinajstić information content (AvgIpc) is 2.38. The summed E-state index contributed by atoms with van der Waals surface area (Å²) in [6, 6.07) is -1.11. The number of nitro groups is 1. The number of hydrogen-bond donors (Lipinski definition) is 0. The first-order valence-corrected chi connectivity index (χ1v) is 6.48. The molecule has 0 aromatic heterocycles. The van der Waals surface area contributed by atoms with Crippen molar-refractivity contribution >= 4 is 11.9 Å². The van der Waals surface area contributed by atoms with Crippen molar-refractivity contribution < 1.29 is 24.0 Å². The van der Waals surface area contributed by atoms with E-state index in [0.717, 1.165) is 0 Å². The van der Waals surface area contributed by atoms with Crippen molar-refractivity contribution in [1.29, 1.82) is 0 Å². The number of rotatable bonds is 8. The molecule has 0 bridgehead atoms. The smallest absolute Gasteiger partial charge is 0.320 e. The Morgan fingerprint density at radius 3 is 1.95 bits per heavy atom. The maximum Gasteiger partial charge on any atom is 0.320 e. The van der Waals surface area contributed by atoms with Gasteiger partial charge in [-0.1, -0.05) is 6.08 Å². The van der Waals surface area contributed by atoms with Crippen LogP contribution in [-0.2, 0) is 19.1 Å². The Morgan fingerprint density at radius 2 is 1.65 bits per heavy atom. The van der Waals surface area contributed by atoms with Crippen LogP contribution in [0.2, 0.25) is 0 Å². The Labute approximate surface area is 118 Å². The summed E-state index contributed by atoms with van der Waals surface area (Å²) in [6.07, 6.45) is 1.32. The third kappa shape index (κ3) is 5.38. The van der Waals surface area contributed by atoms with Crippen LogP contribution in [-0.4, -0.2) is 36.1 Å². The first kappa shape index (κ1) is 18.1. The van der Waals surface area contributed by atoms with Crippen LogP contribution in [0.4, 0.5) is 0 Å². The summed E-state index contributed by atoms with van der Waals surface area (Å²) in [5.41, 5.74) is 0.480.